The average Bonchev–Trinajstić information content (AvgIpc) is 3.12. The van der Waals surface area contributed by atoms with E-state index < -0.39 is 23.5 Å². The number of hydrogen-bond acceptors (Lipinski definition) is 4. The van der Waals surface area contributed by atoms with Crippen LogP contribution in [0, 0.1) is 0 Å². The van der Waals surface area contributed by atoms with Crippen molar-refractivity contribution in [1.29, 1.82) is 0 Å². The molecule has 0 aromatic heterocycles. The molecule has 1 aliphatic heterocycles. The molecule has 2 aromatic rings. The molecule has 2 aromatic carbocycles. The summed E-state index contributed by atoms with van der Waals surface area (Å²) < 4.78 is 44.3. The van der Waals surface area contributed by atoms with Crippen molar-refractivity contribution in [2.24, 2.45) is 0 Å². The first kappa shape index (κ1) is 22.7. The Morgan fingerprint density at radius 2 is 1.88 bits per heavy atom. The summed E-state index contributed by atoms with van der Waals surface area (Å²) in [5.74, 6) is -2.35. The lowest BCUT2D eigenvalue weighted by molar-refractivity contribution is -0.147. The predicted molar refractivity (Wildman–Crippen MR) is 114 cm³/mol. The Bertz CT molecular complexity index is 1200. The summed E-state index contributed by atoms with van der Waals surface area (Å²) in [7, 11) is 0. The number of carbonyl (C=O) groups is 2. The molecule has 9 heteroatoms. The monoisotopic (exact) mass is 475 g/mol. The zero-order valence-corrected chi connectivity index (χ0v) is 17.7. The van der Waals surface area contributed by atoms with Gasteiger partial charge in [-0.05, 0) is 47.9 Å². The number of hydrogen-bond donors (Lipinski definition) is 1. The first-order valence-corrected chi connectivity index (χ1v) is 10.3. The van der Waals surface area contributed by atoms with Crippen molar-refractivity contribution in [2.75, 3.05) is 0 Å². The van der Waals surface area contributed by atoms with Gasteiger partial charge in [0.2, 0.25) is 0 Å². The third-order valence-corrected chi connectivity index (χ3v) is 5.63. The van der Waals surface area contributed by atoms with Crippen molar-refractivity contribution in [3.8, 4) is 5.75 Å². The van der Waals surface area contributed by atoms with Crippen LogP contribution in [0.15, 0.2) is 83.8 Å². The number of carboxylic acids is 1. The first-order chi connectivity index (χ1) is 15.6. The molecule has 1 unspecified atom stereocenters. The largest absolute Gasteiger partial charge is 0.475 e. The molecule has 1 heterocycles. The Kier molecular flexibility index (Phi) is 6.03. The summed E-state index contributed by atoms with van der Waals surface area (Å²) in [5, 5.41) is 9.03. The SMILES string of the molecule is O=C(O)C(=O)C1=CN(Cc2ccccc2)C2CC=C(Oc3ccc(C(F)(F)F)cc3Cl)C=C12. The Labute approximate surface area is 192 Å². The molecular weight excluding hydrogens is 459 g/mol. The average molecular weight is 476 g/mol. The van der Waals surface area contributed by atoms with Crippen LogP contribution in [0.1, 0.15) is 17.5 Å². The minimum atomic E-state index is -4.54. The van der Waals surface area contributed by atoms with Gasteiger partial charge in [0, 0.05) is 12.7 Å². The van der Waals surface area contributed by atoms with Gasteiger partial charge in [-0.1, -0.05) is 41.9 Å². The van der Waals surface area contributed by atoms with E-state index in [0.717, 1.165) is 23.8 Å². The molecule has 0 saturated carbocycles. The normalized spacial score (nSPS) is 17.6. The van der Waals surface area contributed by atoms with Crippen molar-refractivity contribution in [3.05, 3.63) is 99.9 Å². The predicted octanol–water partition coefficient (Wildman–Crippen LogP) is 5.37. The fourth-order valence-corrected chi connectivity index (χ4v) is 4.00. The van der Waals surface area contributed by atoms with E-state index in [9.17, 15) is 27.9 Å². The molecule has 0 spiro atoms. The Morgan fingerprint density at radius 3 is 2.52 bits per heavy atom. The summed E-state index contributed by atoms with van der Waals surface area (Å²) in [6.45, 7) is 0.466. The Hall–Kier alpha value is -3.52. The zero-order valence-electron chi connectivity index (χ0n) is 17.0. The number of carbonyl (C=O) groups excluding carboxylic acids is 1. The van der Waals surface area contributed by atoms with E-state index >= 15 is 0 Å². The highest BCUT2D eigenvalue weighted by atomic mass is 35.5. The second-order valence-electron chi connectivity index (χ2n) is 7.54. The van der Waals surface area contributed by atoms with Gasteiger partial charge in [0.1, 0.15) is 11.5 Å². The molecule has 0 fully saturated rings. The number of aliphatic carboxylic acids is 1. The van der Waals surface area contributed by atoms with Crippen molar-refractivity contribution in [2.45, 2.75) is 25.2 Å². The number of ether oxygens (including phenoxy) is 1. The second kappa shape index (κ2) is 8.78. The van der Waals surface area contributed by atoms with E-state index in [-0.39, 0.29) is 28.1 Å². The number of alkyl halides is 3. The van der Waals surface area contributed by atoms with Crippen LogP contribution in [0.5, 0.6) is 5.75 Å². The van der Waals surface area contributed by atoms with Crippen LogP contribution in [0.4, 0.5) is 13.2 Å². The third-order valence-electron chi connectivity index (χ3n) is 5.34. The molecule has 4 rings (SSSR count). The molecular formula is C24H17ClF3NO4. The van der Waals surface area contributed by atoms with Crippen LogP contribution in [-0.4, -0.2) is 27.8 Å². The molecule has 1 atom stereocenters. The lowest BCUT2D eigenvalue weighted by atomic mass is 9.92. The highest BCUT2D eigenvalue weighted by Gasteiger charge is 2.37. The van der Waals surface area contributed by atoms with Crippen LogP contribution >= 0.6 is 11.6 Å². The maximum absolute atomic E-state index is 12.9. The number of Topliss-reactive ketones (excluding diaryl/α,β-unsaturated/α-hetero) is 1. The number of benzene rings is 2. The number of halogens is 4. The molecule has 1 N–H and O–H groups in total. The number of fused-ring (bicyclic) bond motifs is 1. The Balaban J connectivity index is 1.60. The quantitative estimate of drug-likeness (QED) is 0.569. The van der Waals surface area contributed by atoms with Gasteiger partial charge in [0.25, 0.3) is 5.78 Å². The van der Waals surface area contributed by atoms with Crippen LogP contribution in [-0.2, 0) is 22.3 Å². The molecule has 0 radical (unpaired) electrons. The topological polar surface area (TPSA) is 66.8 Å². The molecule has 5 nitrogen and oxygen atoms in total. The number of ketones is 1. The van der Waals surface area contributed by atoms with E-state index in [2.05, 4.69) is 0 Å². The highest BCUT2D eigenvalue weighted by Crippen LogP contribution is 2.39. The number of carboxylic acid groups (broad SMARTS) is 1. The van der Waals surface area contributed by atoms with Crippen LogP contribution in [0.25, 0.3) is 0 Å². The smallest absolute Gasteiger partial charge is 0.416 e. The molecule has 1 aliphatic carbocycles. The van der Waals surface area contributed by atoms with Gasteiger partial charge in [-0.2, -0.15) is 13.2 Å². The van der Waals surface area contributed by atoms with Gasteiger partial charge in [-0.25, -0.2) is 4.79 Å². The number of nitrogens with zero attached hydrogens (tertiary/aromatic N) is 1. The van der Waals surface area contributed by atoms with Crippen LogP contribution < -0.4 is 4.74 Å². The fourth-order valence-electron chi connectivity index (χ4n) is 3.78. The summed E-state index contributed by atoms with van der Waals surface area (Å²) in [6.07, 6.45) is 0.646. The molecule has 2 aliphatic rings. The molecule has 170 valence electrons. The minimum Gasteiger partial charge on any atom is -0.475 e. The zero-order chi connectivity index (χ0) is 23.8. The van der Waals surface area contributed by atoms with Gasteiger partial charge in [0.15, 0.2) is 0 Å². The van der Waals surface area contributed by atoms with E-state index in [1.807, 2.05) is 35.2 Å². The third kappa shape index (κ3) is 4.80. The van der Waals surface area contributed by atoms with Crippen molar-refractivity contribution in [1.82, 2.24) is 4.90 Å². The number of rotatable bonds is 6. The molecule has 0 saturated heterocycles. The van der Waals surface area contributed by atoms with Gasteiger partial charge in [0.05, 0.1) is 22.2 Å². The van der Waals surface area contributed by atoms with Crippen LogP contribution in [0.2, 0.25) is 5.02 Å². The van der Waals surface area contributed by atoms with Crippen LogP contribution in [0.3, 0.4) is 0 Å². The first-order valence-electron chi connectivity index (χ1n) is 9.89. The Morgan fingerprint density at radius 1 is 1.15 bits per heavy atom. The summed E-state index contributed by atoms with van der Waals surface area (Å²) in [5.41, 5.74) is 0.593. The van der Waals surface area contributed by atoms with Gasteiger partial charge in [-0.15, -0.1) is 0 Å². The van der Waals surface area contributed by atoms with Crippen molar-refractivity contribution in [3.63, 3.8) is 0 Å². The van der Waals surface area contributed by atoms with Gasteiger partial charge in [-0.3, -0.25) is 4.79 Å². The maximum Gasteiger partial charge on any atom is 0.416 e. The van der Waals surface area contributed by atoms with E-state index in [4.69, 9.17) is 16.3 Å². The van der Waals surface area contributed by atoms with E-state index in [1.54, 1.807) is 6.08 Å². The maximum atomic E-state index is 12.9. The fraction of sp³-hybridized carbons (Fsp3) is 0.167. The standard InChI is InChI=1S/C24H17ClF3NO4/c25-19-10-15(24(26,27)28)6-9-21(19)33-16-7-8-20-17(11-16)18(22(30)23(31)32)13-29(20)12-14-4-2-1-3-5-14/h1-7,9-11,13,20H,8,12H2,(H,31,32). The summed E-state index contributed by atoms with van der Waals surface area (Å²) >= 11 is 5.98. The lowest BCUT2D eigenvalue weighted by Crippen LogP contribution is -2.29. The summed E-state index contributed by atoms with van der Waals surface area (Å²) in [6, 6.07) is 12.0. The lowest BCUT2D eigenvalue weighted by Gasteiger charge is -2.28. The molecule has 0 bridgehead atoms. The summed E-state index contributed by atoms with van der Waals surface area (Å²) in [4.78, 5) is 25.6. The van der Waals surface area contributed by atoms with Crippen molar-refractivity contribution < 1.29 is 32.6 Å². The highest BCUT2D eigenvalue weighted by molar-refractivity contribution is 6.41. The van der Waals surface area contributed by atoms with Gasteiger partial charge >= 0.3 is 12.1 Å². The van der Waals surface area contributed by atoms with Crippen molar-refractivity contribution >= 4 is 23.4 Å². The molecule has 33 heavy (non-hydrogen) atoms. The molecule has 0 amide bonds. The second-order valence-corrected chi connectivity index (χ2v) is 7.94. The van der Waals surface area contributed by atoms with Gasteiger partial charge < -0.3 is 14.7 Å². The van der Waals surface area contributed by atoms with E-state index in [1.165, 1.54) is 12.3 Å². The number of allylic oxidation sites excluding steroid dienone is 1. The minimum absolute atomic E-state index is 0.0143. The van der Waals surface area contributed by atoms with E-state index in [0.29, 0.717) is 18.5 Å².